The molecule has 3 atom stereocenters. The summed E-state index contributed by atoms with van der Waals surface area (Å²) in [6.45, 7) is 0. The summed E-state index contributed by atoms with van der Waals surface area (Å²) in [4.78, 5) is 0. The fraction of sp³-hybridized carbons (Fsp3) is 0.0435. The van der Waals surface area contributed by atoms with Crippen LogP contribution < -0.4 is 16.0 Å². The Morgan fingerprint density at radius 3 is 1.40 bits per heavy atom. The molecule has 1 aliphatic rings. The lowest BCUT2D eigenvalue weighted by Crippen LogP contribution is -2.56. The van der Waals surface area contributed by atoms with Crippen LogP contribution in [0.1, 0.15) is 29.7 Å². The second-order valence-corrected chi connectivity index (χ2v) is 19.8. The third-order valence-electron chi connectivity index (χ3n) is 15.6. The topological polar surface area (TPSA) is 50.9 Å². The second kappa shape index (κ2) is 17.7. The number of hydrogen-bond acceptors (Lipinski definition) is 3. The Morgan fingerprint density at radius 1 is 0.280 bits per heavy atom. The summed E-state index contributed by atoms with van der Waals surface area (Å²) in [5.74, 6) is 0. The van der Waals surface area contributed by atoms with Crippen LogP contribution in [-0.4, -0.2) is 13.7 Å². The van der Waals surface area contributed by atoms with E-state index in [1.165, 1.54) is 60.1 Å². The average Bonchev–Trinajstić information content (AvgIpc) is 4.14. The molecule has 1 fully saturated rings. The first kappa shape index (κ1) is 43.3. The molecule has 0 amide bonds. The van der Waals surface area contributed by atoms with Gasteiger partial charge in [-0.3, -0.25) is 16.0 Å². The largest absolute Gasteiger partial charge is 0.309 e. The van der Waals surface area contributed by atoms with Crippen molar-refractivity contribution in [2.75, 3.05) is 0 Å². The molecule has 0 bridgehead atoms. The summed E-state index contributed by atoms with van der Waals surface area (Å²) in [6, 6.07) is 97.3. The lowest BCUT2D eigenvalue weighted by atomic mass is 10.00. The van der Waals surface area contributed by atoms with E-state index in [1.54, 1.807) is 0 Å². The Balaban J connectivity index is 1.03. The van der Waals surface area contributed by atoms with Gasteiger partial charge in [0.2, 0.25) is 0 Å². The highest BCUT2D eigenvalue weighted by molar-refractivity contribution is 6.25. The first-order chi connectivity index (χ1) is 37.2. The van der Waals surface area contributed by atoms with E-state index in [9.17, 15) is 0 Å². The van der Waals surface area contributed by atoms with Crippen LogP contribution in [0.2, 0.25) is 0 Å². The molecular weight excluding hydrogens is 913 g/mol. The zero-order chi connectivity index (χ0) is 49.4. The molecule has 356 valence electrons. The highest BCUT2D eigenvalue weighted by Gasteiger charge is 2.34. The van der Waals surface area contributed by atoms with Gasteiger partial charge in [-0.1, -0.05) is 231 Å². The van der Waals surface area contributed by atoms with Crippen LogP contribution in [0.3, 0.4) is 0 Å². The van der Waals surface area contributed by atoms with E-state index in [1.807, 2.05) is 0 Å². The van der Waals surface area contributed by atoms with Gasteiger partial charge in [-0.2, -0.15) is 0 Å². The minimum absolute atomic E-state index is 0.229. The van der Waals surface area contributed by atoms with Gasteiger partial charge in [-0.05, 0) is 75.3 Å². The fourth-order valence-electron chi connectivity index (χ4n) is 12.2. The Kier molecular flexibility index (Phi) is 10.2. The van der Waals surface area contributed by atoms with Crippen molar-refractivity contribution in [1.82, 2.24) is 29.7 Å². The molecule has 0 spiro atoms. The second-order valence-electron chi connectivity index (χ2n) is 19.8. The molecule has 0 saturated carbocycles. The number of para-hydroxylation sites is 4. The highest BCUT2D eigenvalue weighted by atomic mass is 15.4. The zero-order valence-corrected chi connectivity index (χ0v) is 41.0. The molecule has 4 heterocycles. The third kappa shape index (κ3) is 7.07. The van der Waals surface area contributed by atoms with Crippen molar-refractivity contribution < 1.29 is 0 Å². The van der Waals surface area contributed by atoms with E-state index in [0.717, 1.165) is 61.2 Å². The molecule has 75 heavy (non-hydrogen) atoms. The Bertz CT molecular complexity index is 4440. The molecule has 3 aromatic heterocycles. The van der Waals surface area contributed by atoms with Crippen LogP contribution >= 0.6 is 0 Å². The van der Waals surface area contributed by atoms with Gasteiger partial charge in [0, 0.05) is 43.6 Å². The molecule has 11 aromatic carbocycles. The summed E-state index contributed by atoms with van der Waals surface area (Å²) < 4.78 is 7.64. The minimum Gasteiger partial charge on any atom is -0.309 e. The van der Waals surface area contributed by atoms with Crippen molar-refractivity contribution in [2.24, 2.45) is 0 Å². The van der Waals surface area contributed by atoms with Crippen LogP contribution in [0, 0.1) is 0 Å². The van der Waals surface area contributed by atoms with Crippen molar-refractivity contribution >= 4 is 65.4 Å². The average molecular weight is 963 g/mol. The fourth-order valence-corrected chi connectivity index (χ4v) is 12.2. The van der Waals surface area contributed by atoms with Crippen molar-refractivity contribution in [3.63, 3.8) is 0 Å². The summed E-state index contributed by atoms with van der Waals surface area (Å²) in [6.07, 6.45) is -0.845. The number of hydrogen-bond donors (Lipinski definition) is 3. The Morgan fingerprint density at radius 2 is 0.747 bits per heavy atom. The van der Waals surface area contributed by atoms with Gasteiger partial charge in [0.25, 0.3) is 0 Å². The molecular formula is C69H50N6. The molecule has 0 radical (unpaired) electrons. The minimum atomic E-state index is -0.380. The van der Waals surface area contributed by atoms with E-state index < -0.39 is 0 Å². The summed E-state index contributed by atoms with van der Waals surface area (Å²) in [7, 11) is 0. The number of nitrogens with zero attached hydrogens (tertiary/aromatic N) is 3. The molecule has 3 N–H and O–H groups in total. The number of benzene rings is 11. The van der Waals surface area contributed by atoms with E-state index in [2.05, 4.69) is 297 Å². The molecule has 6 heteroatoms. The smallest absolute Gasteiger partial charge is 0.142 e. The van der Waals surface area contributed by atoms with E-state index in [-0.39, 0.29) is 18.6 Å². The summed E-state index contributed by atoms with van der Waals surface area (Å²) in [5, 5.41) is 19.6. The molecule has 3 unspecified atom stereocenters. The maximum absolute atomic E-state index is 4.17. The van der Waals surface area contributed by atoms with Crippen LogP contribution in [0.4, 0.5) is 0 Å². The van der Waals surface area contributed by atoms with Crippen molar-refractivity contribution in [2.45, 2.75) is 18.6 Å². The van der Waals surface area contributed by atoms with E-state index in [4.69, 9.17) is 0 Å². The normalized spacial score (nSPS) is 16.0. The number of aromatic nitrogens is 3. The van der Waals surface area contributed by atoms with Crippen molar-refractivity contribution in [1.29, 1.82) is 0 Å². The van der Waals surface area contributed by atoms with Gasteiger partial charge >= 0.3 is 0 Å². The monoisotopic (exact) mass is 962 g/mol. The maximum Gasteiger partial charge on any atom is 0.142 e. The van der Waals surface area contributed by atoms with Crippen LogP contribution in [0.15, 0.2) is 267 Å². The Labute approximate surface area is 434 Å². The van der Waals surface area contributed by atoms with Crippen molar-refractivity contribution in [3.8, 4) is 44.8 Å². The zero-order valence-electron chi connectivity index (χ0n) is 41.0. The first-order valence-electron chi connectivity index (χ1n) is 25.9. The van der Waals surface area contributed by atoms with Gasteiger partial charge in [0.05, 0.1) is 51.1 Å². The van der Waals surface area contributed by atoms with Gasteiger partial charge in [0.15, 0.2) is 0 Å². The molecule has 0 aliphatic carbocycles. The quantitative estimate of drug-likeness (QED) is 0.142. The van der Waals surface area contributed by atoms with Gasteiger partial charge < -0.3 is 13.7 Å². The van der Waals surface area contributed by atoms with Crippen LogP contribution in [-0.2, 0) is 0 Å². The molecule has 6 nitrogen and oxygen atoms in total. The molecule has 1 aliphatic heterocycles. The van der Waals surface area contributed by atoms with Gasteiger partial charge in [0.1, 0.15) is 6.29 Å². The van der Waals surface area contributed by atoms with E-state index >= 15 is 0 Å². The number of rotatable bonds is 8. The Hall–Kier alpha value is -9.30. The molecule has 14 aromatic rings. The standard InChI is InChI=1S/C69H50N6/c1-5-20-45(21-6-1)47-36-38-49(39-37-47)67-70-68(51-27-19-26-50(44-51)46-22-7-2-8-23-46)72-69(71-67)75-62-35-18-15-32-56(62)59-43-42-58-55-31-14-17-34-61(55)74(65(58)66(59)75)63-53(48-24-9-3-10-25-48)40-41-57-54-30-13-16-33-60(54)73(64(57)63)52-28-11-4-12-29-52/h1-44,67-72H. The SMILES string of the molecule is c1ccc(-c2ccc(C3NC(c4cccc(-c5ccccc5)c4)NC(n4c5ccccc5c5ccc6c7ccccc7n(-c7c(-c8ccccc8)ccc8c9ccccc9n(-c9ccccc9)c78)c6c54)N3)cc2)cc1. The first-order valence-corrected chi connectivity index (χ1v) is 25.9. The highest BCUT2D eigenvalue weighted by Crippen LogP contribution is 2.47. The number of fused-ring (bicyclic) bond motifs is 10. The predicted octanol–water partition coefficient (Wildman–Crippen LogP) is 16.6. The molecule has 15 rings (SSSR count). The third-order valence-corrected chi connectivity index (χ3v) is 15.6. The van der Waals surface area contributed by atoms with E-state index in [0.29, 0.717) is 0 Å². The number of nitrogens with one attached hydrogen (secondary N) is 3. The molecule has 1 saturated heterocycles. The maximum atomic E-state index is 4.17. The lowest BCUT2D eigenvalue weighted by Gasteiger charge is -2.40. The van der Waals surface area contributed by atoms with Crippen molar-refractivity contribution in [3.05, 3.63) is 278 Å². The summed E-state index contributed by atoms with van der Waals surface area (Å²) in [5.41, 5.74) is 18.5. The van der Waals surface area contributed by atoms with Crippen LogP contribution in [0.5, 0.6) is 0 Å². The van der Waals surface area contributed by atoms with Gasteiger partial charge in [-0.25, -0.2) is 0 Å². The predicted molar refractivity (Wildman–Crippen MR) is 311 cm³/mol. The van der Waals surface area contributed by atoms with Crippen LogP contribution in [0.25, 0.3) is 110 Å². The summed E-state index contributed by atoms with van der Waals surface area (Å²) >= 11 is 0. The lowest BCUT2D eigenvalue weighted by molar-refractivity contribution is 0.161. The van der Waals surface area contributed by atoms with Gasteiger partial charge in [-0.15, -0.1) is 0 Å².